The fourth-order valence-corrected chi connectivity index (χ4v) is 3.68. The van der Waals surface area contributed by atoms with E-state index in [2.05, 4.69) is 25.3 Å². The molecule has 2 N–H and O–H groups in total. The number of rotatable bonds is 6. The number of halogens is 1. The highest BCUT2D eigenvalue weighted by Gasteiger charge is 2.35. The minimum absolute atomic E-state index is 0.131. The van der Waals surface area contributed by atoms with Gasteiger partial charge in [0.1, 0.15) is 12.4 Å². The summed E-state index contributed by atoms with van der Waals surface area (Å²) in [6.07, 6.45) is 1.90. The van der Waals surface area contributed by atoms with Crippen molar-refractivity contribution in [3.63, 3.8) is 0 Å². The number of pyridine rings is 1. The molecule has 2 aromatic heterocycles. The zero-order valence-electron chi connectivity index (χ0n) is 17.9. The highest BCUT2D eigenvalue weighted by Crippen LogP contribution is 2.25. The Morgan fingerprint density at radius 1 is 1.22 bits per heavy atom. The molecule has 1 amide bonds. The van der Waals surface area contributed by atoms with Gasteiger partial charge in [0, 0.05) is 16.8 Å². The molecule has 0 spiro atoms. The molecule has 10 heteroatoms. The summed E-state index contributed by atoms with van der Waals surface area (Å²) >= 11 is 5.98. The number of aromatic amines is 1. The number of carbonyl (C=O) groups is 1. The predicted molar refractivity (Wildman–Crippen MR) is 122 cm³/mol. The molecular weight excluding hydrogens is 432 g/mol. The third kappa shape index (κ3) is 4.43. The quantitative estimate of drug-likeness (QED) is 0.576. The van der Waals surface area contributed by atoms with Gasteiger partial charge in [0.05, 0.1) is 12.1 Å². The topological polar surface area (TPSA) is 113 Å². The van der Waals surface area contributed by atoms with Crippen LogP contribution in [0.15, 0.2) is 41.3 Å². The average Bonchev–Trinajstić information content (AvgIpc) is 3.14. The number of anilines is 2. The average molecular weight is 455 g/mol. The normalized spacial score (nSPS) is 16.7. The number of nitrogens with zero attached hydrogens (tertiary/aromatic N) is 4. The Hall–Kier alpha value is -3.46. The monoisotopic (exact) mass is 454 g/mol. The lowest BCUT2D eigenvalue weighted by atomic mass is 10.0. The van der Waals surface area contributed by atoms with E-state index >= 15 is 0 Å². The lowest BCUT2D eigenvalue weighted by molar-refractivity contribution is 0.178. The first kappa shape index (κ1) is 21.8. The molecule has 1 aliphatic rings. The number of benzene rings is 1. The van der Waals surface area contributed by atoms with E-state index < -0.39 is 12.1 Å². The maximum atomic E-state index is 12.5. The first-order valence-electron chi connectivity index (χ1n) is 10.3. The molecule has 1 saturated heterocycles. The number of aromatic nitrogens is 4. The summed E-state index contributed by atoms with van der Waals surface area (Å²) in [4.78, 5) is 42.0. The van der Waals surface area contributed by atoms with Crippen LogP contribution in [0.3, 0.4) is 0 Å². The maximum absolute atomic E-state index is 12.5. The van der Waals surface area contributed by atoms with Crippen molar-refractivity contribution < 1.29 is 9.53 Å². The minimum atomic E-state index is -0.478. The molecule has 1 aromatic carbocycles. The van der Waals surface area contributed by atoms with Crippen LogP contribution in [0.5, 0.6) is 0 Å². The zero-order chi connectivity index (χ0) is 22.8. The van der Waals surface area contributed by atoms with Crippen LogP contribution < -0.4 is 15.8 Å². The molecule has 32 heavy (non-hydrogen) atoms. The fraction of sp³-hybridized carbons (Fsp3) is 0.318. The summed E-state index contributed by atoms with van der Waals surface area (Å²) in [5.74, 6) is 0.944. The summed E-state index contributed by atoms with van der Waals surface area (Å²) < 4.78 is 5.14. The van der Waals surface area contributed by atoms with Crippen molar-refractivity contribution in [2.75, 3.05) is 16.8 Å². The molecule has 0 bridgehead atoms. The Morgan fingerprint density at radius 3 is 2.69 bits per heavy atom. The lowest BCUT2D eigenvalue weighted by Crippen LogP contribution is -2.35. The summed E-state index contributed by atoms with van der Waals surface area (Å²) in [6, 6.07) is 8.65. The standard InChI is InChI=1S/C22H23ClN6O3/c1-4-17-11-32-22(31)29(17)21-27-13(3)26-20(28-21)25-12(2)18-9-15(10-24-19(18)30)14-5-7-16(23)8-6-14/h5-10,12,17H,4,11H2,1-3H3,(H,24,30)(H,25,26,27,28)/t12-,17-/m0/s1. The number of nitrogens with one attached hydrogen (secondary N) is 2. The SMILES string of the molecule is CC[C@H]1COC(=O)N1c1nc(C)nc(N[C@@H](C)c2cc(-c3ccc(Cl)cc3)c[nH]c2=O)n1. The van der Waals surface area contributed by atoms with Crippen molar-refractivity contribution in [2.24, 2.45) is 0 Å². The molecule has 0 unspecified atom stereocenters. The molecule has 0 aliphatic carbocycles. The first-order valence-corrected chi connectivity index (χ1v) is 10.7. The predicted octanol–water partition coefficient (Wildman–Crippen LogP) is 4.10. The van der Waals surface area contributed by atoms with Gasteiger partial charge in [-0.1, -0.05) is 30.7 Å². The molecule has 4 rings (SSSR count). The smallest absolute Gasteiger partial charge is 0.417 e. The number of cyclic esters (lactones) is 1. The van der Waals surface area contributed by atoms with Crippen LogP contribution >= 0.6 is 11.6 Å². The summed E-state index contributed by atoms with van der Waals surface area (Å²) in [5.41, 5.74) is 2.07. The van der Waals surface area contributed by atoms with Crippen LogP contribution in [-0.4, -0.2) is 38.7 Å². The van der Waals surface area contributed by atoms with E-state index in [1.165, 1.54) is 4.90 Å². The molecule has 0 radical (unpaired) electrons. The highest BCUT2D eigenvalue weighted by molar-refractivity contribution is 6.30. The molecular formula is C22H23ClN6O3. The van der Waals surface area contributed by atoms with Gasteiger partial charge in [-0.25, -0.2) is 9.69 Å². The Bertz CT molecular complexity index is 1200. The number of hydrogen-bond donors (Lipinski definition) is 2. The van der Waals surface area contributed by atoms with Gasteiger partial charge in [0.15, 0.2) is 0 Å². The number of carbonyl (C=O) groups excluding carboxylic acids is 1. The molecule has 1 aliphatic heterocycles. The van der Waals surface area contributed by atoms with E-state index in [1.807, 2.05) is 32.0 Å². The van der Waals surface area contributed by atoms with Crippen LogP contribution in [0.25, 0.3) is 11.1 Å². The van der Waals surface area contributed by atoms with Gasteiger partial charge in [-0.2, -0.15) is 15.0 Å². The maximum Gasteiger partial charge on any atom is 0.417 e. The molecule has 2 atom stereocenters. The lowest BCUT2D eigenvalue weighted by Gasteiger charge is -2.20. The molecule has 9 nitrogen and oxygen atoms in total. The summed E-state index contributed by atoms with van der Waals surface area (Å²) in [5, 5.41) is 3.80. The van der Waals surface area contributed by atoms with Crippen molar-refractivity contribution in [3.05, 3.63) is 63.3 Å². The summed E-state index contributed by atoms with van der Waals surface area (Å²) in [7, 11) is 0. The van der Waals surface area contributed by atoms with Crippen molar-refractivity contribution in [1.82, 2.24) is 19.9 Å². The molecule has 1 fully saturated rings. The number of ether oxygens (including phenoxy) is 1. The molecule has 166 valence electrons. The van der Waals surface area contributed by atoms with Gasteiger partial charge in [-0.05, 0) is 49.6 Å². The van der Waals surface area contributed by atoms with Gasteiger partial charge >= 0.3 is 6.09 Å². The number of amides is 1. The first-order chi connectivity index (χ1) is 15.4. The van der Waals surface area contributed by atoms with E-state index in [-0.39, 0.29) is 23.5 Å². The number of H-pyrrole nitrogens is 1. The largest absolute Gasteiger partial charge is 0.447 e. The molecule has 3 aromatic rings. The van der Waals surface area contributed by atoms with Crippen molar-refractivity contribution in [3.8, 4) is 11.1 Å². The summed E-state index contributed by atoms with van der Waals surface area (Å²) in [6.45, 7) is 5.83. The Morgan fingerprint density at radius 2 is 1.97 bits per heavy atom. The zero-order valence-corrected chi connectivity index (χ0v) is 18.7. The van der Waals surface area contributed by atoms with Crippen LogP contribution in [-0.2, 0) is 4.74 Å². The van der Waals surface area contributed by atoms with Crippen LogP contribution in [0, 0.1) is 6.92 Å². The van der Waals surface area contributed by atoms with E-state index in [1.54, 1.807) is 25.3 Å². The number of aryl methyl sites for hydroxylation is 1. The van der Waals surface area contributed by atoms with E-state index in [0.29, 0.717) is 29.4 Å². The fourth-order valence-electron chi connectivity index (χ4n) is 3.55. The van der Waals surface area contributed by atoms with Crippen molar-refractivity contribution in [2.45, 2.75) is 39.3 Å². The second kappa shape index (κ2) is 8.96. The van der Waals surface area contributed by atoms with E-state index in [9.17, 15) is 9.59 Å². The third-order valence-corrected chi connectivity index (χ3v) is 5.56. The van der Waals surface area contributed by atoms with Gasteiger partial charge in [-0.15, -0.1) is 0 Å². The molecule has 3 heterocycles. The minimum Gasteiger partial charge on any atom is -0.447 e. The van der Waals surface area contributed by atoms with Crippen LogP contribution in [0.2, 0.25) is 5.02 Å². The van der Waals surface area contributed by atoms with Gasteiger partial charge < -0.3 is 15.0 Å². The Balaban J connectivity index is 1.62. The van der Waals surface area contributed by atoms with Crippen LogP contribution in [0.1, 0.15) is 37.7 Å². The Labute approximate surface area is 189 Å². The number of hydrogen-bond acceptors (Lipinski definition) is 7. The van der Waals surface area contributed by atoms with Gasteiger partial charge in [0.2, 0.25) is 11.9 Å². The van der Waals surface area contributed by atoms with Crippen LogP contribution in [0.4, 0.5) is 16.7 Å². The van der Waals surface area contributed by atoms with Crippen molar-refractivity contribution in [1.29, 1.82) is 0 Å². The molecule has 0 saturated carbocycles. The Kier molecular flexibility index (Phi) is 6.09. The van der Waals surface area contributed by atoms with E-state index in [4.69, 9.17) is 16.3 Å². The third-order valence-electron chi connectivity index (χ3n) is 5.30. The second-order valence-electron chi connectivity index (χ2n) is 7.56. The van der Waals surface area contributed by atoms with Gasteiger partial charge in [-0.3, -0.25) is 4.79 Å². The highest BCUT2D eigenvalue weighted by atomic mass is 35.5. The van der Waals surface area contributed by atoms with Gasteiger partial charge in [0.25, 0.3) is 5.56 Å². The van der Waals surface area contributed by atoms with Crippen molar-refractivity contribution >= 4 is 29.6 Å². The van der Waals surface area contributed by atoms with E-state index in [0.717, 1.165) is 11.1 Å². The second-order valence-corrected chi connectivity index (χ2v) is 8.00.